The van der Waals surface area contributed by atoms with Gasteiger partial charge in [-0.05, 0) is 28.9 Å². The zero-order valence-corrected chi connectivity index (χ0v) is 12.9. The molecule has 6 heteroatoms. The number of thiophene rings is 1. The summed E-state index contributed by atoms with van der Waals surface area (Å²) in [7, 11) is 0. The zero-order valence-electron chi connectivity index (χ0n) is 10.5. The number of nitrogens with one attached hydrogen (secondary N) is 1. The second-order valence-corrected chi connectivity index (χ2v) is 6.42. The van der Waals surface area contributed by atoms with Crippen LogP contribution in [0.15, 0.2) is 15.9 Å². The maximum atomic E-state index is 12.6. The van der Waals surface area contributed by atoms with Crippen LogP contribution in [0.5, 0.6) is 5.75 Å². The number of hydrogen-bond donors (Lipinski definition) is 1. The molecule has 0 aliphatic carbocycles. The Kier molecular flexibility index (Phi) is 3.64. The van der Waals surface area contributed by atoms with E-state index in [2.05, 4.69) is 28.2 Å². The molecule has 2 aliphatic rings. The molecule has 2 aliphatic heterocycles. The first-order chi connectivity index (χ1) is 9.16. The van der Waals surface area contributed by atoms with Gasteiger partial charge in [-0.2, -0.15) is 0 Å². The summed E-state index contributed by atoms with van der Waals surface area (Å²) in [4.78, 5) is 15.4. The van der Waals surface area contributed by atoms with Crippen LogP contribution in [0.25, 0.3) is 5.57 Å². The minimum atomic E-state index is 0.0866. The third-order valence-corrected chi connectivity index (χ3v) is 5.14. The first-order valence-electron chi connectivity index (χ1n) is 6.17. The van der Waals surface area contributed by atoms with E-state index >= 15 is 0 Å². The van der Waals surface area contributed by atoms with Gasteiger partial charge in [0.2, 0.25) is 0 Å². The fourth-order valence-corrected chi connectivity index (χ4v) is 3.90. The molecule has 1 amide bonds. The molecule has 101 valence electrons. The Labute approximate surface area is 124 Å². The van der Waals surface area contributed by atoms with Crippen molar-refractivity contribution in [1.29, 1.82) is 0 Å². The highest BCUT2D eigenvalue weighted by molar-refractivity contribution is 9.10. The molecule has 1 fully saturated rings. The summed E-state index contributed by atoms with van der Waals surface area (Å²) in [6.45, 7) is 6.03. The zero-order chi connectivity index (χ0) is 13.4. The van der Waals surface area contributed by atoms with E-state index in [4.69, 9.17) is 4.74 Å². The van der Waals surface area contributed by atoms with Crippen molar-refractivity contribution < 1.29 is 9.53 Å². The first-order valence-corrected chi connectivity index (χ1v) is 7.84. The van der Waals surface area contributed by atoms with Gasteiger partial charge >= 0.3 is 0 Å². The van der Waals surface area contributed by atoms with E-state index in [1.165, 1.54) is 11.3 Å². The highest BCUT2D eigenvalue weighted by atomic mass is 79.9. The number of nitrogens with zero attached hydrogens (tertiary/aromatic N) is 1. The molecule has 1 radical (unpaired) electrons. The number of fused-ring (bicyclic) bond motifs is 1. The van der Waals surface area contributed by atoms with Crippen LogP contribution in [0.3, 0.4) is 0 Å². The van der Waals surface area contributed by atoms with E-state index in [0.29, 0.717) is 6.04 Å². The van der Waals surface area contributed by atoms with Crippen LogP contribution in [-0.4, -0.2) is 36.5 Å². The lowest BCUT2D eigenvalue weighted by molar-refractivity contribution is -0.126. The number of carbonyl (C=O) groups excluding carboxylic acids is 1. The molecule has 1 atom stereocenters. The monoisotopic (exact) mass is 341 g/mol. The first kappa shape index (κ1) is 13.1. The highest BCUT2D eigenvalue weighted by Gasteiger charge is 2.29. The number of carbonyl (C=O) groups is 1. The van der Waals surface area contributed by atoms with Crippen molar-refractivity contribution in [2.24, 2.45) is 0 Å². The van der Waals surface area contributed by atoms with E-state index in [1.54, 1.807) is 12.7 Å². The van der Waals surface area contributed by atoms with Gasteiger partial charge in [-0.25, -0.2) is 0 Å². The average Bonchev–Trinajstić information content (AvgIpc) is 2.80. The van der Waals surface area contributed by atoms with Crippen molar-refractivity contribution >= 4 is 38.7 Å². The topological polar surface area (TPSA) is 41.6 Å². The van der Waals surface area contributed by atoms with E-state index in [0.717, 1.165) is 40.3 Å². The third kappa shape index (κ3) is 2.44. The van der Waals surface area contributed by atoms with Gasteiger partial charge in [0.1, 0.15) is 0 Å². The molecular weight excluding hydrogens is 328 g/mol. The van der Waals surface area contributed by atoms with Crippen LogP contribution in [0.1, 0.15) is 11.8 Å². The molecule has 1 unspecified atom stereocenters. The largest absolute Gasteiger partial charge is 0.479 e. The molecule has 0 aromatic carbocycles. The van der Waals surface area contributed by atoms with Crippen LogP contribution in [-0.2, 0) is 4.79 Å². The van der Waals surface area contributed by atoms with Gasteiger partial charge in [-0.1, -0.05) is 0 Å². The fourth-order valence-electron chi connectivity index (χ4n) is 2.32. The normalized spacial score (nSPS) is 22.5. The van der Waals surface area contributed by atoms with E-state index < -0.39 is 0 Å². The Morgan fingerprint density at radius 1 is 1.63 bits per heavy atom. The van der Waals surface area contributed by atoms with Gasteiger partial charge in [-0.15, -0.1) is 11.3 Å². The van der Waals surface area contributed by atoms with E-state index in [1.807, 2.05) is 10.3 Å². The molecular formula is C13H14BrN2O2S. The summed E-state index contributed by atoms with van der Waals surface area (Å²) in [5.41, 5.74) is 0.728. The van der Waals surface area contributed by atoms with Crippen molar-refractivity contribution in [2.75, 3.05) is 19.6 Å². The Hall–Kier alpha value is -0.850. The molecule has 1 aromatic rings. The minimum Gasteiger partial charge on any atom is -0.479 e. The number of halogens is 1. The predicted molar refractivity (Wildman–Crippen MR) is 79.0 cm³/mol. The van der Waals surface area contributed by atoms with Crippen molar-refractivity contribution in [2.45, 2.75) is 13.0 Å². The minimum absolute atomic E-state index is 0.0866. The van der Waals surface area contributed by atoms with Gasteiger partial charge in [0.25, 0.3) is 5.91 Å². The van der Waals surface area contributed by atoms with Crippen LogP contribution in [0.2, 0.25) is 0 Å². The Balaban J connectivity index is 1.85. The van der Waals surface area contributed by atoms with Crippen LogP contribution < -0.4 is 10.1 Å². The third-order valence-electron chi connectivity index (χ3n) is 3.26. The van der Waals surface area contributed by atoms with E-state index in [-0.39, 0.29) is 5.91 Å². The average molecular weight is 342 g/mol. The number of amides is 1. The van der Waals surface area contributed by atoms with Crippen molar-refractivity contribution in [3.8, 4) is 5.75 Å². The molecule has 1 N–H and O–H groups in total. The molecule has 1 aromatic heterocycles. The summed E-state index contributed by atoms with van der Waals surface area (Å²) < 4.78 is 6.36. The molecule has 0 saturated carbocycles. The molecule has 19 heavy (non-hydrogen) atoms. The molecule has 3 heterocycles. The standard InChI is InChI=1S/C13H14BrN2O2S/c1-8-6-16(4-3-15-8)13(17)9-2-5-18-11-10(14)7-19-12(9)11/h2,5,7-8,15H,3-4,6H2,1H3. The summed E-state index contributed by atoms with van der Waals surface area (Å²) in [5.74, 6) is 0.836. The Morgan fingerprint density at radius 2 is 2.47 bits per heavy atom. The summed E-state index contributed by atoms with van der Waals surface area (Å²) in [6.07, 6.45) is 1.76. The maximum absolute atomic E-state index is 12.6. The van der Waals surface area contributed by atoms with Crippen molar-refractivity contribution in [3.63, 3.8) is 0 Å². The van der Waals surface area contributed by atoms with Crippen molar-refractivity contribution in [3.05, 3.63) is 27.4 Å². The Bertz CT molecular complexity index is 541. The molecule has 4 nitrogen and oxygen atoms in total. The molecule has 0 bridgehead atoms. The smallest absolute Gasteiger partial charge is 0.255 e. The summed E-state index contributed by atoms with van der Waals surface area (Å²) in [6, 6.07) is 0.344. The van der Waals surface area contributed by atoms with Crippen LogP contribution >= 0.6 is 27.3 Å². The van der Waals surface area contributed by atoms with Gasteiger partial charge in [0.15, 0.2) is 12.4 Å². The number of ether oxygens (including phenoxy) is 1. The quantitative estimate of drug-likeness (QED) is 0.851. The predicted octanol–water partition coefficient (Wildman–Crippen LogP) is 2.27. The van der Waals surface area contributed by atoms with Gasteiger partial charge in [-0.3, -0.25) is 4.79 Å². The fraction of sp³-hybridized carbons (Fsp3) is 0.385. The lowest BCUT2D eigenvalue weighted by Gasteiger charge is -2.32. The maximum Gasteiger partial charge on any atom is 0.255 e. The van der Waals surface area contributed by atoms with Gasteiger partial charge in [0.05, 0.1) is 14.9 Å². The van der Waals surface area contributed by atoms with E-state index in [9.17, 15) is 4.79 Å². The second-order valence-electron chi connectivity index (χ2n) is 4.68. The second kappa shape index (κ2) is 5.26. The van der Waals surface area contributed by atoms with Crippen LogP contribution in [0.4, 0.5) is 0 Å². The van der Waals surface area contributed by atoms with Gasteiger partial charge < -0.3 is 15.0 Å². The number of rotatable bonds is 1. The number of hydrogen-bond acceptors (Lipinski definition) is 4. The number of piperazine rings is 1. The molecule has 1 saturated heterocycles. The molecule has 3 rings (SSSR count). The van der Waals surface area contributed by atoms with Gasteiger partial charge in [0, 0.05) is 31.1 Å². The van der Waals surface area contributed by atoms with Crippen molar-refractivity contribution in [1.82, 2.24) is 10.2 Å². The highest BCUT2D eigenvalue weighted by Crippen LogP contribution is 2.42. The SMILES string of the molecule is CC1CN(C(=O)C2=C[CH]Oc3c(Br)csc32)CCN1. The Morgan fingerprint density at radius 3 is 3.26 bits per heavy atom. The lowest BCUT2D eigenvalue weighted by Crippen LogP contribution is -2.51. The molecule has 0 spiro atoms. The summed E-state index contributed by atoms with van der Waals surface area (Å²) >= 11 is 4.97. The van der Waals surface area contributed by atoms with Crippen LogP contribution in [0, 0.1) is 6.61 Å². The summed E-state index contributed by atoms with van der Waals surface area (Å²) in [5, 5.41) is 5.29. The lowest BCUT2D eigenvalue weighted by atomic mass is 10.1.